The van der Waals surface area contributed by atoms with Crippen LogP contribution in [0.5, 0.6) is 0 Å². The van der Waals surface area contributed by atoms with E-state index >= 15 is 0 Å². The standard InChI is InChI=1S/C25H20N2/c1-3-4-12-19-17(2)26-23-15-22-20-13-8-9-14-24(20)27(25(22)16-21(19)23)18-10-6-5-7-11-18/h3-16,26H,1H2,2H3/b12-4-. The SMILES string of the molecule is C=C/C=C\c1c(C)[nH]c2cc3c4ccccc4n(-c4ccccc4)c3cc12. The van der Waals surface area contributed by atoms with Crippen LogP contribution in [0.15, 0.2) is 85.5 Å². The second-order valence-electron chi connectivity index (χ2n) is 6.86. The van der Waals surface area contributed by atoms with Gasteiger partial charge in [0.25, 0.3) is 0 Å². The lowest BCUT2D eigenvalue weighted by atomic mass is 10.1. The van der Waals surface area contributed by atoms with Crippen LogP contribution in [0.25, 0.3) is 44.5 Å². The number of benzene rings is 3. The van der Waals surface area contributed by atoms with Gasteiger partial charge in [0.1, 0.15) is 0 Å². The number of fused-ring (bicyclic) bond motifs is 4. The van der Waals surface area contributed by atoms with Crippen molar-refractivity contribution in [2.24, 2.45) is 0 Å². The first-order valence-electron chi connectivity index (χ1n) is 9.18. The molecule has 0 amide bonds. The van der Waals surface area contributed by atoms with Gasteiger partial charge in [-0.05, 0) is 37.3 Å². The fraction of sp³-hybridized carbons (Fsp3) is 0.0400. The molecule has 0 spiro atoms. The molecule has 130 valence electrons. The smallest absolute Gasteiger partial charge is 0.0548 e. The number of aryl methyl sites for hydroxylation is 1. The van der Waals surface area contributed by atoms with Crippen molar-refractivity contribution < 1.29 is 0 Å². The molecule has 0 saturated carbocycles. The summed E-state index contributed by atoms with van der Waals surface area (Å²) >= 11 is 0. The predicted molar refractivity (Wildman–Crippen MR) is 117 cm³/mol. The van der Waals surface area contributed by atoms with E-state index in [-0.39, 0.29) is 0 Å². The molecule has 5 rings (SSSR count). The maximum atomic E-state index is 3.80. The Balaban J connectivity index is 1.95. The van der Waals surface area contributed by atoms with E-state index in [1.165, 1.54) is 49.7 Å². The average molecular weight is 348 g/mol. The van der Waals surface area contributed by atoms with Crippen molar-refractivity contribution in [3.05, 3.63) is 96.7 Å². The van der Waals surface area contributed by atoms with Gasteiger partial charge in [0.05, 0.1) is 11.0 Å². The molecule has 0 aliphatic heterocycles. The van der Waals surface area contributed by atoms with Crippen LogP contribution < -0.4 is 0 Å². The Labute approximate surface area is 158 Å². The summed E-state index contributed by atoms with van der Waals surface area (Å²) in [6.45, 7) is 5.92. The maximum absolute atomic E-state index is 3.80. The van der Waals surface area contributed by atoms with Gasteiger partial charge in [0.15, 0.2) is 0 Å². The highest BCUT2D eigenvalue weighted by molar-refractivity contribution is 6.14. The Kier molecular flexibility index (Phi) is 3.51. The van der Waals surface area contributed by atoms with E-state index in [0.29, 0.717) is 0 Å². The molecule has 2 nitrogen and oxygen atoms in total. The lowest BCUT2D eigenvalue weighted by Gasteiger charge is -2.07. The number of para-hydroxylation sites is 2. The third-order valence-corrected chi connectivity index (χ3v) is 5.24. The zero-order valence-corrected chi connectivity index (χ0v) is 15.2. The van der Waals surface area contributed by atoms with Crippen LogP contribution in [0.2, 0.25) is 0 Å². The number of allylic oxidation sites excluding steroid dienone is 2. The molecular weight excluding hydrogens is 328 g/mol. The van der Waals surface area contributed by atoms with Gasteiger partial charge >= 0.3 is 0 Å². The van der Waals surface area contributed by atoms with Crippen molar-refractivity contribution >= 4 is 38.8 Å². The van der Waals surface area contributed by atoms with Gasteiger partial charge in [0.2, 0.25) is 0 Å². The van der Waals surface area contributed by atoms with E-state index in [0.717, 1.165) is 0 Å². The molecule has 5 aromatic rings. The topological polar surface area (TPSA) is 20.7 Å². The Bertz CT molecular complexity index is 1330. The molecule has 0 aliphatic rings. The van der Waals surface area contributed by atoms with Gasteiger partial charge < -0.3 is 9.55 Å². The van der Waals surface area contributed by atoms with Crippen molar-refractivity contribution in [2.75, 3.05) is 0 Å². The van der Waals surface area contributed by atoms with Crippen molar-refractivity contribution in [3.63, 3.8) is 0 Å². The predicted octanol–water partition coefficient (Wildman–Crippen LogP) is 6.77. The molecule has 3 aromatic carbocycles. The average Bonchev–Trinajstić information content (AvgIpc) is 3.18. The van der Waals surface area contributed by atoms with Crippen LogP contribution in [0.4, 0.5) is 0 Å². The van der Waals surface area contributed by atoms with E-state index in [2.05, 4.69) is 95.9 Å². The first-order chi connectivity index (χ1) is 13.3. The molecule has 0 bridgehead atoms. The summed E-state index contributed by atoms with van der Waals surface area (Å²) in [7, 11) is 0. The van der Waals surface area contributed by atoms with E-state index in [4.69, 9.17) is 0 Å². The summed E-state index contributed by atoms with van der Waals surface area (Å²) in [6.07, 6.45) is 5.94. The van der Waals surface area contributed by atoms with Crippen molar-refractivity contribution in [3.8, 4) is 5.69 Å². The summed E-state index contributed by atoms with van der Waals surface area (Å²) in [6, 6.07) is 23.8. The van der Waals surface area contributed by atoms with Crippen LogP contribution in [0.1, 0.15) is 11.3 Å². The van der Waals surface area contributed by atoms with Gasteiger partial charge in [-0.25, -0.2) is 0 Å². The van der Waals surface area contributed by atoms with Crippen LogP contribution in [0, 0.1) is 6.92 Å². The molecule has 2 heteroatoms. The molecule has 1 N–H and O–H groups in total. The fourth-order valence-corrected chi connectivity index (χ4v) is 4.05. The minimum atomic E-state index is 1.17. The normalized spacial score (nSPS) is 11.9. The molecule has 2 aromatic heterocycles. The first-order valence-corrected chi connectivity index (χ1v) is 9.18. The van der Waals surface area contributed by atoms with Crippen molar-refractivity contribution in [1.82, 2.24) is 9.55 Å². The summed E-state index contributed by atoms with van der Waals surface area (Å²) in [4.78, 5) is 3.55. The molecule has 2 heterocycles. The Morgan fingerprint density at radius 3 is 2.44 bits per heavy atom. The van der Waals surface area contributed by atoms with Crippen LogP contribution in [0.3, 0.4) is 0 Å². The third-order valence-electron chi connectivity index (χ3n) is 5.24. The number of aromatic amines is 1. The van der Waals surface area contributed by atoms with E-state index < -0.39 is 0 Å². The lowest BCUT2D eigenvalue weighted by molar-refractivity contribution is 1.18. The van der Waals surface area contributed by atoms with Gasteiger partial charge in [0, 0.05) is 38.6 Å². The number of hydrogen-bond donors (Lipinski definition) is 1. The van der Waals surface area contributed by atoms with Gasteiger partial charge in [-0.3, -0.25) is 0 Å². The van der Waals surface area contributed by atoms with Gasteiger partial charge in [-0.1, -0.05) is 61.2 Å². The van der Waals surface area contributed by atoms with Gasteiger partial charge in [-0.15, -0.1) is 0 Å². The Morgan fingerprint density at radius 2 is 1.63 bits per heavy atom. The highest BCUT2D eigenvalue weighted by Crippen LogP contribution is 2.36. The van der Waals surface area contributed by atoms with Crippen molar-refractivity contribution in [1.29, 1.82) is 0 Å². The van der Waals surface area contributed by atoms with E-state index in [9.17, 15) is 0 Å². The number of aromatic nitrogens is 2. The maximum Gasteiger partial charge on any atom is 0.0548 e. The number of nitrogens with one attached hydrogen (secondary N) is 1. The summed E-state index contributed by atoms with van der Waals surface area (Å²) < 4.78 is 2.35. The van der Waals surface area contributed by atoms with Crippen LogP contribution >= 0.6 is 0 Å². The number of nitrogens with zero attached hydrogens (tertiary/aromatic N) is 1. The van der Waals surface area contributed by atoms with E-state index in [1.54, 1.807) is 0 Å². The highest BCUT2D eigenvalue weighted by Gasteiger charge is 2.15. The molecule has 0 radical (unpaired) electrons. The van der Waals surface area contributed by atoms with Crippen LogP contribution in [-0.4, -0.2) is 9.55 Å². The zero-order valence-electron chi connectivity index (χ0n) is 15.2. The van der Waals surface area contributed by atoms with E-state index in [1.807, 2.05) is 12.2 Å². The molecule has 0 atom stereocenters. The quantitative estimate of drug-likeness (QED) is 0.347. The monoisotopic (exact) mass is 348 g/mol. The molecule has 0 saturated heterocycles. The Hall–Kier alpha value is -3.52. The number of rotatable bonds is 3. The summed E-state index contributed by atoms with van der Waals surface area (Å²) in [5.74, 6) is 0. The largest absolute Gasteiger partial charge is 0.358 e. The second kappa shape index (κ2) is 6.03. The third kappa shape index (κ3) is 2.34. The Morgan fingerprint density at radius 1 is 0.852 bits per heavy atom. The minimum absolute atomic E-state index is 1.17. The summed E-state index contributed by atoms with van der Waals surface area (Å²) in [5, 5.41) is 3.77. The molecular formula is C25H20N2. The fourth-order valence-electron chi connectivity index (χ4n) is 4.05. The van der Waals surface area contributed by atoms with Crippen molar-refractivity contribution in [2.45, 2.75) is 6.92 Å². The molecule has 0 unspecified atom stereocenters. The zero-order chi connectivity index (χ0) is 18.4. The van der Waals surface area contributed by atoms with Crippen LogP contribution in [-0.2, 0) is 0 Å². The second-order valence-corrected chi connectivity index (χ2v) is 6.86. The summed E-state index contributed by atoms with van der Waals surface area (Å²) in [5.41, 5.74) is 7.19. The van der Waals surface area contributed by atoms with Gasteiger partial charge in [-0.2, -0.15) is 0 Å². The molecule has 0 aliphatic carbocycles. The number of H-pyrrole nitrogens is 1. The highest BCUT2D eigenvalue weighted by atomic mass is 15.0. The number of hydrogen-bond acceptors (Lipinski definition) is 0. The minimum Gasteiger partial charge on any atom is -0.358 e. The molecule has 27 heavy (non-hydrogen) atoms. The lowest BCUT2D eigenvalue weighted by Crippen LogP contribution is -1.92. The molecule has 0 fully saturated rings. The first kappa shape index (κ1) is 15.7.